The number of benzene rings is 1. The molecule has 7 nitrogen and oxygen atoms in total. The molecule has 1 fully saturated rings. The van der Waals surface area contributed by atoms with Crippen LogP contribution >= 0.6 is 11.3 Å². The van der Waals surface area contributed by atoms with Gasteiger partial charge in [-0.05, 0) is 48.9 Å². The molecule has 0 spiro atoms. The summed E-state index contributed by atoms with van der Waals surface area (Å²) < 4.78 is 27.1. The van der Waals surface area contributed by atoms with Gasteiger partial charge >= 0.3 is 0 Å². The van der Waals surface area contributed by atoms with Crippen molar-refractivity contribution in [2.45, 2.75) is 37.6 Å². The van der Waals surface area contributed by atoms with E-state index in [-0.39, 0.29) is 10.6 Å². The van der Waals surface area contributed by atoms with Gasteiger partial charge in [-0.15, -0.1) is 11.3 Å². The third-order valence-corrected chi connectivity index (χ3v) is 7.76. The van der Waals surface area contributed by atoms with Gasteiger partial charge in [-0.3, -0.25) is 10.1 Å². The summed E-state index contributed by atoms with van der Waals surface area (Å²) in [6.45, 7) is 3.47. The van der Waals surface area contributed by atoms with Crippen LogP contribution in [0.15, 0.2) is 34.5 Å². The lowest BCUT2D eigenvalue weighted by atomic mass is 10.2. The summed E-state index contributed by atoms with van der Waals surface area (Å²) in [4.78, 5) is 14.0. The van der Waals surface area contributed by atoms with Crippen molar-refractivity contribution in [1.29, 1.82) is 0 Å². The van der Waals surface area contributed by atoms with E-state index in [9.17, 15) is 18.5 Å². The van der Waals surface area contributed by atoms with Gasteiger partial charge in [0.2, 0.25) is 10.0 Å². The van der Waals surface area contributed by atoms with Gasteiger partial charge in [-0.2, -0.15) is 4.31 Å². The van der Waals surface area contributed by atoms with Gasteiger partial charge in [0.1, 0.15) is 5.69 Å². The van der Waals surface area contributed by atoms with Crippen molar-refractivity contribution in [2.75, 3.05) is 25.0 Å². The molecule has 1 aromatic heterocycles. The fraction of sp³-hybridized carbons (Fsp3) is 0.444. The second-order valence-corrected chi connectivity index (χ2v) is 9.69. The summed E-state index contributed by atoms with van der Waals surface area (Å²) in [6, 6.07) is 6.22. The topological polar surface area (TPSA) is 83.8 Å². The van der Waals surface area contributed by atoms with E-state index in [1.165, 1.54) is 22.5 Å². The number of aryl methyl sites for hydroxylation is 1. The number of piperidine rings is 1. The fourth-order valence-corrected chi connectivity index (χ4v) is 5.75. The lowest BCUT2D eigenvalue weighted by molar-refractivity contribution is -0.384. The molecule has 146 valence electrons. The summed E-state index contributed by atoms with van der Waals surface area (Å²) in [5.74, 6) is 0. The first-order valence-corrected chi connectivity index (χ1v) is 11.2. The van der Waals surface area contributed by atoms with E-state index >= 15 is 0 Å². The van der Waals surface area contributed by atoms with Crippen molar-refractivity contribution in [3.63, 3.8) is 0 Å². The molecule has 0 N–H and O–H groups in total. The van der Waals surface area contributed by atoms with Crippen molar-refractivity contribution in [2.24, 2.45) is 0 Å². The number of nitro groups is 1. The Bertz CT molecular complexity index is 934. The van der Waals surface area contributed by atoms with Crippen LogP contribution in [-0.2, 0) is 16.6 Å². The van der Waals surface area contributed by atoms with Crippen LogP contribution in [0.1, 0.15) is 29.7 Å². The smallest absolute Gasteiger partial charge is 0.293 e. The maximum absolute atomic E-state index is 12.8. The highest BCUT2D eigenvalue weighted by molar-refractivity contribution is 7.89. The zero-order valence-corrected chi connectivity index (χ0v) is 17.1. The van der Waals surface area contributed by atoms with E-state index in [1.54, 1.807) is 23.3 Å². The summed E-state index contributed by atoms with van der Waals surface area (Å²) >= 11 is 1.60. The Hall–Kier alpha value is -1.97. The number of nitrogens with zero attached hydrogens (tertiary/aromatic N) is 3. The van der Waals surface area contributed by atoms with Gasteiger partial charge in [-0.25, -0.2) is 8.42 Å². The van der Waals surface area contributed by atoms with E-state index in [4.69, 9.17) is 0 Å². The number of rotatable bonds is 6. The molecule has 1 aliphatic rings. The van der Waals surface area contributed by atoms with Crippen molar-refractivity contribution in [3.8, 4) is 0 Å². The van der Waals surface area contributed by atoms with Crippen molar-refractivity contribution in [3.05, 3.63) is 50.2 Å². The molecule has 2 heterocycles. The first-order chi connectivity index (χ1) is 12.8. The maximum atomic E-state index is 12.8. The highest BCUT2D eigenvalue weighted by Gasteiger charge is 2.29. The predicted octanol–water partition coefficient (Wildman–Crippen LogP) is 3.78. The van der Waals surface area contributed by atoms with E-state index in [0.29, 0.717) is 25.3 Å². The third kappa shape index (κ3) is 4.15. The Morgan fingerprint density at radius 2 is 1.93 bits per heavy atom. The summed E-state index contributed by atoms with van der Waals surface area (Å²) in [6.07, 6.45) is 2.66. The lowest BCUT2D eigenvalue weighted by Gasteiger charge is -2.26. The first kappa shape index (κ1) is 19.8. The Morgan fingerprint density at radius 3 is 2.52 bits per heavy atom. The standard InChI is InChI=1S/C18H23N3O4S2/c1-14-8-11-26-18(14)13-19(2)16-7-6-15(12-17(16)21(22)23)27(24,25)20-9-4-3-5-10-20/h6-8,11-12H,3-5,9-10,13H2,1-2H3. The van der Waals surface area contributed by atoms with Crippen LogP contribution in [0.25, 0.3) is 0 Å². The highest BCUT2D eigenvalue weighted by Crippen LogP contribution is 2.33. The summed E-state index contributed by atoms with van der Waals surface area (Å²) in [7, 11) is -1.93. The van der Waals surface area contributed by atoms with Crippen LogP contribution in [-0.4, -0.2) is 37.8 Å². The average Bonchev–Trinajstić information content (AvgIpc) is 3.06. The molecule has 0 radical (unpaired) electrons. The molecule has 0 aliphatic carbocycles. The lowest BCUT2D eigenvalue weighted by Crippen LogP contribution is -2.35. The first-order valence-electron chi connectivity index (χ1n) is 8.83. The zero-order chi connectivity index (χ0) is 19.6. The molecule has 1 saturated heterocycles. The molecular weight excluding hydrogens is 386 g/mol. The molecule has 0 atom stereocenters. The van der Waals surface area contributed by atoms with Crippen LogP contribution in [0, 0.1) is 17.0 Å². The van der Waals surface area contributed by atoms with Gasteiger partial charge in [-0.1, -0.05) is 6.42 Å². The van der Waals surface area contributed by atoms with Crippen LogP contribution in [0.4, 0.5) is 11.4 Å². The molecule has 3 rings (SSSR count). The second kappa shape index (κ2) is 7.95. The molecule has 1 aliphatic heterocycles. The Balaban J connectivity index is 1.93. The van der Waals surface area contributed by atoms with Crippen LogP contribution in [0.5, 0.6) is 0 Å². The molecule has 0 unspecified atom stereocenters. The fourth-order valence-electron chi connectivity index (χ4n) is 3.25. The number of sulfonamides is 1. The summed E-state index contributed by atoms with van der Waals surface area (Å²) in [5.41, 5.74) is 1.36. The number of hydrogen-bond donors (Lipinski definition) is 0. The molecule has 2 aromatic rings. The number of thiophene rings is 1. The third-order valence-electron chi connectivity index (χ3n) is 4.86. The molecule has 0 amide bonds. The van der Waals surface area contributed by atoms with Gasteiger partial charge in [0.25, 0.3) is 5.69 Å². The van der Waals surface area contributed by atoms with Crippen molar-refractivity contribution < 1.29 is 13.3 Å². The Kier molecular flexibility index (Phi) is 5.83. The summed E-state index contributed by atoms with van der Waals surface area (Å²) in [5, 5.41) is 13.6. The number of hydrogen-bond acceptors (Lipinski definition) is 6. The minimum atomic E-state index is -3.70. The minimum Gasteiger partial charge on any atom is -0.364 e. The van der Waals surface area contributed by atoms with Gasteiger partial charge in [0, 0.05) is 31.1 Å². The minimum absolute atomic E-state index is 0.0134. The second-order valence-electron chi connectivity index (χ2n) is 6.76. The quantitative estimate of drug-likeness (QED) is 0.536. The molecule has 1 aromatic carbocycles. The molecule has 0 saturated carbocycles. The van der Waals surface area contributed by atoms with Gasteiger partial charge in [0.15, 0.2) is 0 Å². The Morgan fingerprint density at radius 1 is 1.22 bits per heavy atom. The zero-order valence-electron chi connectivity index (χ0n) is 15.4. The van der Waals surface area contributed by atoms with Crippen LogP contribution < -0.4 is 4.90 Å². The maximum Gasteiger partial charge on any atom is 0.293 e. The van der Waals surface area contributed by atoms with E-state index in [2.05, 4.69) is 0 Å². The van der Waals surface area contributed by atoms with Gasteiger partial charge in [0.05, 0.1) is 16.4 Å². The monoisotopic (exact) mass is 409 g/mol. The Labute approximate surface area is 163 Å². The normalized spacial score (nSPS) is 15.6. The molecular formula is C18H23N3O4S2. The van der Waals surface area contributed by atoms with E-state index in [1.807, 2.05) is 18.4 Å². The molecule has 27 heavy (non-hydrogen) atoms. The largest absolute Gasteiger partial charge is 0.364 e. The van der Waals surface area contributed by atoms with E-state index in [0.717, 1.165) is 29.7 Å². The highest BCUT2D eigenvalue weighted by atomic mass is 32.2. The van der Waals surface area contributed by atoms with Gasteiger partial charge < -0.3 is 4.90 Å². The molecule has 9 heteroatoms. The van der Waals surface area contributed by atoms with Crippen LogP contribution in [0.3, 0.4) is 0 Å². The number of nitro benzene ring substituents is 1. The average molecular weight is 410 g/mol. The SMILES string of the molecule is Cc1ccsc1CN(C)c1ccc(S(=O)(=O)N2CCCCC2)cc1[N+](=O)[O-]. The van der Waals surface area contributed by atoms with Crippen molar-refractivity contribution in [1.82, 2.24) is 4.31 Å². The number of anilines is 1. The predicted molar refractivity (Wildman–Crippen MR) is 107 cm³/mol. The molecule has 0 bridgehead atoms. The van der Waals surface area contributed by atoms with E-state index < -0.39 is 14.9 Å². The van der Waals surface area contributed by atoms with Crippen LogP contribution in [0.2, 0.25) is 0 Å². The van der Waals surface area contributed by atoms with Crippen molar-refractivity contribution >= 4 is 32.7 Å².